The molecule has 1 heterocycles. The first-order valence-electron chi connectivity index (χ1n) is 5.25. The van der Waals surface area contributed by atoms with E-state index in [1.54, 1.807) is 6.20 Å². The number of rotatable bonds is 4. The van der Waals surface area contributed by atoms with Crippen molar-refractivity contribution in [3.05, 3.63) is 18.1 Å². The molecule has 0 aliphatic heterocycles. The van der Waals surface area contributed by atoms with Gasteiger partial charge in [-0.3, -0.25) is 0 Å². The molecule has 1 aromatic heterocycles. The van der Waals surface area contributed by atoms with Gasteiger partial charge in [-0.2, -0.15) is 5.26 Å². The minimum atomic E-state index is 0.357. The Morgan fingerprint density at radius 3 is 2.87 bits per heavy atom. The summed E-state index contributed by atoms with van der Waals surface area (Å²) in [5.74, 6) is 2.34. The van der Waals surface area contributed by atoms with Crippen molar-refractivity contribution in [2.75, 3.05) is 11.9 Å². The maximum Gasteiger partial charge on any atom is 0.158 e. The van der Waals surface area contributed by atoms with Crippen molar-refractivity contribution >= 4 is 5.82 Å². The molecule has 1 unspecified atom stereocenters. The van der Waals surface area contributed by atoms with Gasteiger partial charge in [0.1, 0.15) is 11.9 Å². The average molecular weight is 202 g/mol. The molecule has 78 valence electrons. The molecule has 0 saturated heterocycles. The highest BCUT2D eigenvalue weighted by atomic mass is 15.0. The molecule has 2 rings (SSSR count). The number of nitrogens with zero attached hydrogens (tertiary/aromatic N) is 3. The number of hydrogen-bond acceptors (Lipinski definition) is 4. The summed E-state index contributed by atoms with van der Waals surface area (Å²) >= 11 is 0. The van der Waals surface area contributed by atoms with Crippen LogP contribution in [0.15, 0.2) is 12.4 Å². The number of nitrogens with one attached hydrogen (secondary N) is 1. The summed E-state index contributed by atoms with van der Waals surface area (Å²) in [4.78, 5) is 8.05. The van der Waals surface area contributed by atoms with E-state index in [1.807, 2.05) is 6.07 Å². The summed E-state index contributed by atoms with van der Waals surface area (Å²) in [6.07, 6.45) is 5.83. The maximum absolute atomic E-state index is 8.55. The molecule has 1 atom stereocenters. The lowest BCUT2D eigenvalue weighted by atomic mass is 10.1. The molecule has 0 amide bonds. The summed E-state index contributed by atoms with van der Waals surface area (Å²) in [5, 5.41) is 11.8. The Labute approximate surface area is 89.4 Å². The van der Waals surface area contributed by atoms with Crippen molar-refractivity contribution in [2.24, 2.45) is 11.8 Å². The van der Waals surface area contributed by atoms with Crippen LogP contribution < -0.4 is 5.32 Å². The van der Waals surface area contributed by atoms with Crippen LogP contribution in [0.25, 0.3) is 0 Å². The van der Waals surface area contributed by atoms with Gasteiger partial charge in [-0.15, -0.1) is 0 Å². The van der Waals surface area contributed by atoms with Crippen LogP contribution in [-0.4, -0.2) is 16.5 Å². The second-order valence-corrected chi connectivity index (χ2v) is 4.09. The van der Waals surface area contributed by atoms with Gasteiger partial charge in [-0.1, -0.05) is 6.92 Å². The molecular formula is C11H14N4. The van der Waals surface area contributed by atoms with Crippen molar-refractivity contribution in [1.29, 1.82) is 5.26 Å². The molecule has 0 radical (unpaired) electrons. The largest absolute Gasteiger partial charge is 0.369 e. The summed E-state index contributed by atoms with van der Waals surface area (Å²) in [5.41, 5.74) is 0.357. The van der Waals surface area contributed by atoms with E-state index in [-0.39, 0.29) is 0 Å². The van der Waals surface area contributed by atoms with E-state index in [2.05, 4.69) is 22.2 Å². The SMILES string of the molecule is CC(CNc1cnc(C#N)cn1)C1CC1. The first-order chi connectivity index (χ1) is 7.29. The fraction of sp³-hybridized carbons (Fsp3) is 0.545. The monoisotopic (exact) mass is 202 g/mol. The third-order valence-corrected chi connectivity index (χ3v) is 2.80. The van der Waals surface area contributed by atoms with Crippen molar-refractivity contribution in [1.82, 2.24) is 9.97 Å². The van der Waals surface area contributed by atoms with E-state index in [9.17, 15) is 0 Å². The van der Waals surface area contributed by atoms with Crippen LogP contribution in [0.5, 0.6) is 0 Å². The average Bonchev–Trinajstić information content (AvgIpc) is 3.10. The van der Waals surface area contributed by atoms with Gasteiger partial charge in [-0.05, 0) is 24.7 Å². The summed E-state index contributed by atoms with van der Waals surface area (Å²) in [7, 11) is 0. The molecule has 1 aromatic rings. The molecule has 0 aromatic carbocycles. The highest BCUT2D eigenvalue weighted by molar-refractivity contribution is 5.33. The van der Waals surface area contributed by atoms with Gasteiger partial charge in [-0.25, -0.2) is 9.97 Å². The van der Waals surface area contributed by atoms with Gasteiger partial charge in [0.05, 0.1) is 12.4 Å². The maximum atomic E-state index is 8.55. The van der Waals surface area contributed by atoms with Gasteiger partial charge in [0.2, 0.25) is 0 Å². The Bertz CT molecular complexity index is 361. The zero-order valence-electron chi connectivity index (χ0n) is 8.77. The summed E-state index contributed by atoms with van der Waals surface area (Å²) in [6, 6.07) is 1.95. The van der Waals surface area contributed by atoms with Crippen molar-refractivity contribution < 1.29 is 0 Å². The van der Waals surface area contributed by atoms with Gasteiger partial charge >= 0.3 is 0 Å². The molecule has 15 heavy (non-hydrogen) atoms. The van der Waals surface area contributed by atoms with Crippen LogP contribution >= 0.6 is 0 Å². The van der Waals surface area contributed by atoms with E-state index in [1.165, 1.54) is 19.0 Å². The molecule has 1 aliphatic carbocycles. The standard InChI is InChI=1S/C11H14N4/c1-8(9-2-3-9)5-14-11-7-13-10(4-12)6-15-11/h6-9H,2-3,5H2,1H3,(H,14,15). The highest BCUT2D eigenvalue weighted by Crippen LogP contribution is 2.36. The fourth-order valence-electron chi connectivity index (χ4n) is 1.57. The molecule has 1 fully saturated rings. The van der Waals surface area contributed by atoms with Crippen LogP contribution in [0.1, 0.15) is 25.5 Å². The summed E-state index contributed by atoms with van der Waals surface area (Å²) < 4.78 is 0. The Balaban J connectivity index is 1.85. The zero-order chi connectivity index (χ0) is 10.7. The molecule has 0 bridgehead atoms. The van der Waals surface area contributed by atoms with Crippen molar-refractivity contribution in [2.45, 2.75) is 19.8 Å². The molecule has 0 spiro atoms. The molecule has 1 aliphatic rings. The van der Waals surface area contributed by atoms with E-state index in [4.69, 9.17) is 5.26 Å². The van der Waals surface area contributed by atoms with E-state index in [0.29, 0.717) is 11.6 Å². The highest BCUT2D eigenvalue weighted by Gasteiger charge is 2.27. The van der Waals surface area contributed by atoms with E-state index >= 15 is 0 Å². The number of anilines is 1. The van der Waals surface area contributed by atoms with Gasteiger partial charge in [0.15, 0.2) is 5.69 Å². The second kappa shape index (κ2) is 4.26. The first kappa shape index (κ1) is 9.91. The van der Waals surface area contributed by atoms with Crippen LogP contribution in [0.2, 0.25) is 0 Å². The Kier molecular flexibility index (Phi) is 2.82. The van der Waals surface area contributed by atoms with Crippen LogP contribution in [0.3, 0.4) is 0 Å². The van der Waals surface area contributed by atoms with Gasteiger partial charge in [0, 0.05) is 6.54 Å². The van der Waals surface area contributed by atoms with Gasteiger partial charge in [0.25, 0.3) is 0 Å². The van der Waals surface area contributed by atoms with Crippen molar-refractivity contribution in [3.8, 4) is 6.07 Å². The Morgan fingerprint density at radius 2 is 2.33 bits per heavy atom. The Hall–Kier alpha value is -1.63. The third-order valence-electron chi connectivity index (χ3n) is 2.80. The lowest BCUT2D eigenvalue weighted by molar-refractivity contribution is 0.536. The topological polar surface area (TPSA) is 61.6 Å². The quantitative estimate of drug-likeness (QED) is 0.808. The van der Waals surface area contributed by atoms with Crippen LogP contribution in [-0.2, 0) is 0 Å². The predicted octanol–water partition coefficient (Wildman–Crippen LogP) is 1.81. The number of hydrogen-bond donors (Lipinski definition) is 1. The van der Waals surface area contributed by atoms with Crippen LogP contribution in [0, 0.1) is 23.2 Å². The number of aromatic nitrogens is 2. The molecule has 4 nitrogen and oxygen atoms in total. The molecule has 1 saturated carbocycles. The lowest BCUT2D eigenvalue weighted by Gasteiger charge is -2.11. The predicted molar refractivity (Wildman–Crippen MR) is 57.1 cm³/mol. The first-order valence-corrected chi connectivity index (χ1v) is 5.25. The molecule has 1 N–H and O–H groups in total. The minimum Gasteiger partial charge on any atom is -0.369 e. The van der Waals surface area contributed by atoms with Crippen molar-refractivity contribution in [3.63, 3.8) is 0 Å². The number of nitriles is 1. The molecule has 4 heteroatoms. The Morgan fingerprint density at radius 1 is 1.53 bits per heavy atom. The summed E-state index contributed by atoms with van der Waals surface area (Å²) in [6.45, 7) is 3.19. The van der Waals surface area contributed by atoms with E-state index < -0.39 is 0 Å². The normalized spacial score (nSPS) is 16.8. The smallest absolute Gasteiger partial charge is 0.158 e. The molecular weight excluding hydrogens is 188 g/mol. The minimum absolute atomic E-state index is 0.357. The van der Waals surface area contributed by atoms with Gasteiger partial charge < -0.3 is 5.32 Å². The third kappa shape index (κ3) is 2.66. The zero-order valence-corrected chi connectivity index (χ0v) is 8.77. The van der Waals surface area contributed by atoms with E-state index in [0.717, 1.165) is 18.3 Å². The second-order valence-electron chi connectivity index (χ2n) is 4.09. The lowest BCUT2D eigenvalue weighted by Crippen LogP contribution is -2.13. The van der Waals surface area contributed by atoms with Crippen LogP contribution in [0.4, 0.5) is 5.82 Å². The fourth-order valence-corrected chi connectivity index (χ4v) is 1.57.